The lowest BCUT2D eigenvalue weighted by molar-refractivity contribution is 0.107. The highest BCUT2D eigenvalue weighted by molar-refractivity contribution is 14.0. The molecule has 0 radical (unpaired) electrons. The number of hydrogen-bond donors (Lipinski definition) is 2. The van der Waals surface area contributed by atoms with E-state index < -0.39 is 0 Å². The summed E-state index contributed by atoms with van der Waals surface area (Å²) < 4.78 is 5.64. The number of ether oxygens (including phenoxy) is 1. The Balaban J connectivity index is 0.00000320. The molecule has 1 saturated heterocycles. The smallest absolute Gasteiger partial charge is 0.191 e. The lowest BCUT2D eigenvalue weighted by Crippen LogP contribution is -2.39. The van der Waals surface area contributed by atoms with Crippen LogP contribution in [0, 0.1) is 5.41 Å². The number of anilines is 1. The third kappa shape index (κ3) is 7.82. The summed E-state index contributed by atoms with van der Waals surface area (Å²) in [6.07, 6.45) is 9.87. The second-order valence-electron chi connectivity index (χ2n) is 8.34. The predicted octanol–water partition coefficient (Wildman–Crippen LogP) is 4.45. The first-order valence-electron chi connectivity index (χ1n) is 11.5. The molecular formula is C22H40IN5OS. The molecule has 1 aliphatic carbocycles. The molecule has 0 bridgehead atoms. The topological polar surface area (TPSA) is 61.8 Å². The minimum atomic E-state index is 0. The van der Waals surface area contributed by atoms with Gasteiger partial charge in [-0.3, -0.25) is 4.99 Å². The lowest BCUT2D eigenvalue weighted by Gasteiger charge is -2.27. The van der Waals surface area contributed by atoms with E-state index in [0.29, 0.717) is 5.41 Å². The highest BCUT2D eigenvalue weighted by Crippen LogP contribution is 2.41. The zero-order valence-corrected chi connectivity index (χ0v) is 21.9. The first-order valence-corrected chi connectivity index (χ1v) is 12.4. The Kier molecular flexibility index (Phi) is 11.7. The highest BCUT2D eigenvalue weighted by Gasteiger charge is 2.33. The van der Waals surface area contributed by atoms with Gasteiger partial charge in [0.25, 0.3) is 0 Å². The molecule has 1 aliphatic heterocycles. The van der Waals surface area contributed by atoms with Crippen molar-refractivity contribution in [2.24, 2.45) is 10.4 Å². The third-order valence-electron chi connectivity index (χ3n) is 6.15. The molecule has 2 heterocycles. The van der Waals surface area contributed by atoms with Gasteiger partial charge in [-0.15, -0.1) is 35.3 Å². The fraction of sp³-hybridized carbons (Fsp3) is 0.818. The van der Waals surface area contributed by atoms with Gasteiger partial charge >= 0.3 is 0 Å². The van der Waals surface area contributed by atoms with E-state index in [0.717, 1.165) is 64.7 Å². The summed E-state index contributed by atoms with van der Waals surface area (Å²) in [7, 11) is 0. The maximum atomic E-state index is 5.64. The van der Waals surface area contributed by atoms with Gasteiger partial charge in [-0.2, -0.15) is 0 Å². The van der Waals surface area contributed by atoms with E-state index >= 15 is 0 Å². The molecule has 8 heteroatoms. The quantitative estimate of drug-likeness (QED) is 0.185. The zero-order valence-electron chi connectivity index (χ0n) is 18.8. The molecule has 6 nitrogen and oxygen atoms in total. The van der Waals surface area contributed by atoms with Crippen LogP contribution in [0.15, 0.2) is 10.4 Å². The highest BCUT2D eigenvalue weighted by atomic mass is 127. The average molecular weight is 550 g/mol. The summed E-state index contributed by atoms with van der Waals surface area (Å²) >= 11 is 1.78. The van der Waals surface area contributed by atoms with Crippen LogP contribution in [0.5, 0.6) is 0 Å². The molecule has 0 spiro atoms. The molecule has 1 saturated carbocycles. The Morgan fingerprint density at radius 2 is 1.97 bits per heavy atom. The third-order valence-corrected chi connectivity index (χ3v) is 7.10. The van der Waals surface area contributed by atoms with Crippen molar-refractivity contribution in [2.75, 3.05) is 50.8 Å². The van der Waals surface area contributed by atoms with Gasteiger partial charge in [0.05, 0.1) is 5.69 Å². The van der Waals surface area contributed by atoms with Gasteiger partial charge in [-0.1, -0.05) is 12.8 Å². The fourth-order valence-corrected chi connectivity index (χ4v) is 5.32. The number of nitrogens with zero attached hydrogens (tertiary/aromatic N) is 3. The molecule has 1 aromatic rings. The summed E-state index contributed by atoms with van der Waals surface area (Å²) in [4.78, 5) is 12.2. The molecule has 172 valence electrons. The van der Waals surface area contributed by atoms with Gasteiger partial charge in [0.2, 0.25) is 0 Å². The number of rotatable bonds is 11. The number of guanidine groups is 1. The van der Waals surface area contributed by atoms with E-state index in [2.05, 4.69) is 34.8 Å². The van der Waals surface area contributed by atoms with Crippen molar-refractivity contribution in [3.05, 3.63) is 11.1 Å². The average Bonchev–Trinajstić information content (AvgIpc) is 3.48. The summed E-state index contributed by atoms with van der Waals surface area (Å²) in [6, 6.07) is 0. The number of thiazole rings is 1. The van der Waals surface area contributed by atoms with E-state index in [1.165, 1.54) is 49.4 Å². The minimum absolute atomic E-state index is 0. The molecule has 0 atom stereocenters. The maximum absolute atomic E-state index is 5.64. The van der Waals surface area contributed by atoms with E-state index in [-0.39, 0.29) is 24.0 Å². The van der Waals surface area contributed by atoms with Crippen LogP contribution in [0.3, 0.4) is 0 Å². The van der Waals surface area contributed by atoms with E-state index in [1.807, 2.05) is 0 Å². The van der Waals surface area contributed by atoms with Crippen LogP contribution in [-0.4, -0.2) is 56.9 Å². The Hall–Kier alpha value is -0.610. The standard InChI is InChI=1S/C22H39N5OS.HI/c1-3-23-20(25-18-22(10-5-6-11-22)12-16-28-4-2)24-13-9-19-17-29-21(26-19)27-14-7-8-15-27;/h17H,3-16,18H2,1-2H3,(H2,23,24,25);1H. The van der Waals surface area contributed by atoms with Crippen molar-refractivity contribution >= 4 is 46.4 Å². The maximum Gasteiger partial charge on any atom is 0.191 e. The van der Waals surface area contributed by atoms with Crippen LogP contribution in [0.25, 0.3) is 0 Å². The van der Waals surface area contributed by atoms with E-state index in [1.54, 1.807) is 11.3 Å². The van der Waals surface area contributed by atoms with Gasteiger partial charge in [0.15, 0.2) is 11.1 Å². The molecule has 2 fully saturated rings. The Morgan fingerprint density at radius 1 is 1.20 bits per heavy atom. The number of aromatic nitrogens is 1. The minimum Gasteiger partial charge on any atom is -0.382 e. The first kappa shape index (κ1) is 25.6. The van der Waals surface area contributed by atoms with Crippen LogP contribution in [0.1, 0.15) is 64.5 Å². The molecule has 1 aromatic heterocycles. The fourth-order valence-electron chi connectivity index (χ4n) is 4.41. The summed E-state index contributed by atoms with van der Waals surface area (Å²) in [5.74, 6) is 0.935. The van der Waals surface area contributed by atoms with Crippen LogP contribution >= 0.6 is 35.3 Å². The van der Waals surface area contributed by atoms with Crippen molar-refractivity contribution in [1.29, 1.82) is 0 Å². The van der Waals surface area contributed by atoms with E-state index in [4.69, 9.17) is 14.7 Å². The largest absolute Gasteiger partial charge is 0.382 e. The van der Waals surface area contributed by atoms with Crippen LogP contribution in [0.4, 0.5) is 5.13 Å². The van der Waals surface area contributed by atoms with Gasteiger partial charge in [-0.05, 0) is 51.4 Å². The molecule has 2 aliphatic rings. The zero-order chi connectivity index (χ0) is 20.4. The lowest BCUT2D eigenvalue weighted by atomic mass is 9.83. The molecule has 30 heavy (non-hydrogen) atoms. The van der Waals surface area contributed by atoms with Crippen molar-refractivity contribution < 1.29 is 4.74 Å². The first-order chi connectivity index (χ1) is 14.2. The van der Waals surface area contributed by atoms with Gasteiger partial charge in [-0.25, -0.2) is 4.98 Å². The second kappa shape index (κ2) is 13.7. The molecule has 0 unspecified atom stereocenters. The van der Waals surface area contributed by atoms with Crippen molar-refractivity contribution in [3.8, 4) is 0 Å². The second-order valence-corrected chi connectivity index (χ2v) is 9.18. The Labute approximate surface area is 203 Å². The molecule has 0 amide bonds. The monoisotopic (exact) mass is 549 g/mol. The Morgan fingerprint density at radius 3 is 2.67 bits per heavy atom. The van der Waals surface area contributed by atoms with Crippen molar-refractivity contribution in [1.82, 2.24) is 15.6 Å². The van der Waals surface area contributed by atoms with E-state index in [9.17, 15) is 0 Å². The molecule has 2 N–H and O–H groups in total. The number of halogens is 1. The van der Waals surface area contributed by atoms with Crippen molar-refractivity contribution in [3.63, 3.8) is 0 Å². The Bertz CT molecular complexity index is 627. The summed E-state index contributed by atoms with van der Waals surface area (Å²) in [6.45, 7) is 10.8. The summed E-state index contributed by atoms with van der Waals surface area (Å²) in [5.41, 5.74) is 1.51. The normalized spacial score (nSPS) is 18.5. The molecular weight excluding hydrogens is 509 g/mol. The number of aliphatic imine (C=N–C) groups is 1. The van der Waals surface area contributed by atoms with Crippen molar-refractivity contribution in [2.45, 2.75) is 65.2 Å². The molecule has 3 rings (SSSR count). The van der Waals surface area contributed by atoms with Crippen LogP contribution in [-0.2, 0) is 11.2 Å². The SMILES string of the molecule is CCNC(=NCC1(CCOCC)CCCC1)NCCc1csc(N2CCCC2)n1.I. The predicted molar refractivity (Wildman–Crippen MR) is 139 cm³/mol. The molecule has 0 aromatic carbocycles. The van der Waals surface area contributed by atoms with Gasteiger partial charge in [0.1, 0.15) is 0 Å². The van der Waals surface area contributed by atoms with Crippen LogP contribution in [0.2, 0.25) is 0 Å². The van der Waals surface area contributed by atoms with Crippen LogP contribution < -0.4 is 15.5 Å². The summed E-state index contributed by atoms with van der Waals surface area (Å²) in [5, 5.41) is 10.3. The van der Waals surface area contributed by atoms with Gasteiger partial charge in [0, 0.05) is 57.7 Å². The van der Waals surface area contributed by atoms with Gasteiger partial charge < -0.3 is 20.3 Å². The number of nitrogens with one attached hydrogen (secondary N) is 2. The number of hydrogen-bond acceptors (Lipinski definition) is 5.